The molecular formula is C32H28F2N4O4. The Hall–Kier alpha value is -4.83. The van der Waals surface area contributed by atoms with Crippen molar-refractivity contribution in [1.82, 2.24) is 14.8 Å². The number of halogens is 2. The number of pyridine rings is 1. The molecule has 0 unspecified atom stereocenters. The van der Waals surface area contributed by atoms with Crippen LogP contribution in [-0.2, 0) is 11.2 Å². The van der Waals surface area contributed by atoms with Crippen LogP contribution in [0.25, 0.3) is 16.6 Å². The number of aromatic amines is 1. The van der Waals surface area contributed by atoms with E-state index in [4.69, 9.17) is 9.47 Å². The van der Waals surface area contributed by atoms with Crippen LogP contribution >= 0.6 is 0 Å². The van der Waals surface area contributed by atoms with Crippen LogP contribution in [0.15, 0.2) is 77.7 Å². The van der Waals surface area contributed by atoms with Gasteiger partial charge in [-0.3, -0.25) is 19.3 Å². The first-order valence-corrected chi connectivity index (χ1v) is 13.6. The molecule has 10 heteroatoms. The number of ether oxygens (including phenoxy) is 2. The van der Waals surface area contributed by atoms with Gasteiger partial charge in [-0.2, -0.15) is 5.10 Å². The molecule has 42 heavy (non-hydrogen) atoms. The Morgan fingerprint density at radius 2 is 1.88 bits per heavy atom. The molecule has 2 aromatic heterocycles. The van der Waals surface area contributed by atoms with Gasteiger partial charge in [-0.25, -0.2) is 8.78 Å². The summed E-state index contributed by atoms with van der Waals surface area (Å²) < 4.78 is 41.9. The van der Waals surface area contributed by atoms with Gasteiger partial charge >= 0.3 is 0 Å². The summed E-state index contributed by atoms with van der Waals surface area (Å²) in [7, 11) is 0. The van der Waals surface area contributed by atoms with Crippen LogP contribution < -0.4 is 15.2 Å². The van der Waals surface area contributed by atoms with E-state index in [2.05, 4.69) is 15.1 Å². The summed E-state index contributed by atoms with van der Waals surface area (Å²) in [5.74, 6) is -1.05. The smallest absolute Gasteiger partial charge is 0.266 e. The minimum absolute atomic E-state index is 0.00519. The number of nitrogens with one attached hydrogen (secondary N) is 1. The Morgan fingerprint density at radius 1 is 1.07 bits per heavy atom. The summed E-state index contributed by atoms with van der Waals surface area (Å²) in [4.78, 5) is 28.5. The molecule has 1 aliphatic heterocycles. The van der Waals surface area contributed by atoms with Gasteiger partial charge in [0.15, 0.2) is 23.1 Å². The molecule has 3 heterocycles. The van der Waals surface area contributed by atoms with E-state index in [1.165, 1.54) is 47.0 Å². The number of aromatic nitrogens is 3. The van der Waals surface area contributed by atoms with Crippen molar-refractivity contribution in [2.45, 2.75) is 26.4 Å². The highest BCUT2D eigenvalue weighted by atomic mass is 19.1. The zero-order valence-corrected chi connectivity index (χ0v) is 23.1. The molecule has 3 aromatic carbocycles. The third kappa shape index (κ3) is 5.40. The molecule has 1 aliphatic rings. The number of hydrogen-bond donors (Lipinski definition) is 1. The lowest BCUT2D eigenvalue weighted by molar-refractivity contribution is 0.0531. The number of benzene rings is 3. The van der Waals surface area contributed by atoms with Crippen molar-refractivity contribution in [1.29, 1.82) is 0 Å². The van der Waals surface area contributed by atoms with Gasteiger partial charge in [-0.1, -0.05) is 6.07 Å². The van der Waals surface area contributed by atoms with Gasteiger partial charge in [0.1, 0.15) is 5.82 Å². The zero-order valence-electron chi connectivity index (χ0n) is 23.1. The van der Waals surface area contributed by atoms with Gasteiger partial charge in [0.2, 0.25) is 0 Å². The second-order valence-corrected chi connectivity index (χ2v) is 10.4. The average molecular weight is 571 g/mol. The van der Waals surface area contributed by atoms with Crippen molar-refractivity contribution in [3.05, 3.63) is 112 Å². The van der Waals surface area contributed by atoms with E-state index in [0.29, 0.717) is 42.4 Å². The van der Waals surface area contributed by atoms with E-state index in [-0.39, 0.29) is 23.8 Å². The zero-order chi connectivity index (χ0) is 29.4. The van der Waals surface area contributed by atoms with E-state index < -0.39 is 23.0 Å². The van der Waals surface area contributed by atoms with E-state index >= 15 is 4.39 Å². The summed E-state index contributed by atoms with van der Waals surface area (Å²) in [6.45, 7) is 5.60. The first-order valence-electron chi connectivity index (χ1n) is 13.6. The maximum absolute atomic E-state index is 15.3. The lowest BCUT2D eigenvalue weighted by Gasteiger charge is -2.33. The molecule has 0 bridgehead atoms. The van der Waals surface area contributed by atoms with Crippen LogP contribution in [0.3, 0.4) is 0 Å². The number of nitrogens with zero attached hydrogens (tertiary/aromatic N) is 3. The highest BCUT2D eigenvalue weighted by Gasteiger charge is 2.23. The molecule has 0 spiro atoms. The first kappa shape index (κ1) is 27.3. The number of Topliss-reactive ketones (excluding diaryl/α,β-unsaturated/α-hetero) is 1. The SMILES string of the molecule is Cc1ccc(C(=O)Cc2ccc(Oc3cc4cn[nH]c4cc3N3CCO[C@H](C)C3)c(F)c2)c(=O)n1-c1ccc(F)cc1. The summed E-state index contributed by atoms with van der Waals surface area (Å²) in [6, 6.07) is 16.6. The third-order valence-electron chi connectivity index (χ3n) is 7.35. The fourth-order valence-electron chi connectivity index (χ4n) is 5.22. The standard InChI is InChI=1S/C32H28F2N4O4/c1-19-3-9-25(32(40)38(19)24-7-5-23(33)6-8-24)29(39)14-21-4-10-30(26(34)13-21)42-31-15-22-17-35-36-27(22)16-28(31)37-11-12-41-20(2)18-37/h3-10,13,15-17,20H,11-12,14,18H2,1-2H3,(H,35,36)/t20-/m1/s1. The van der Waals surface area contributed by atoms with Gasteiger partial charge in [-0.05, 0) is 80.1 Å². The quantitative estimate of drug-likeness (QED) is 0.251. The molecule has 214 valence electrons. The molecule has 0 radical (unpaired) electrons. The van der Waals surface area contributed by atoms with Crippen LogP contribution in [0.1, 0.15) is 28.5 Å². The number of aryl methyl sites for hydroxylation is 1. The van der Waals surface area contributed by atoms with Crippen LogP contribution in [0.5, 0.6) is 11.5 Å². The van der Waals surface area contributed by atoms with Gasteiger partial charge in [0.25, 0.3) is 5.56 Å². The predicted molar refractivity (Wildman–Crippen MR) is 155 cm³/mol. The Balaban J connectivity index is 1.25. The minimum atomic E-state index is -0.637. The van der Waals surface area contributed by atoms with Gasteiger partial charge < -0.3 is 14.4 Å². The molecule has 1 atom stereocenters. The van der Waals surface area contributed by atoms with E-state index in [1.54, 1.807) is 25.3 Å². The van der Waals surface area contributed by atoms with Crippen molar-refractivity contribution in [2.75, 3.05) is 24.6 Å². The second-order valence-electron chi connectivity index (χ2n) is 10.4. The Bertz CT molecular complexity index is 1850. The number of rotatable bonds is 7. The fraction of sp³-hybridized carbons (Fsp3) is 0.219. The third-order valence-corrected chi connectivity index (χ3v) is 7.35. The number of fused-ring (bicyclic) bond motifs is 1. The number of H-pyrrole nitrogens is 1. The Morgan fingerprint density at radius 3 is 2.64 bits per heavy atom. The molecule has 1 fully saturated rings. The van der Waals surface area contributed by atoms with E-state index in [0.717, 1.165) is 16.6 Å². The van der Waals surface area contributed by atoms with Crippen LogP contribution in [-0.4, -0.2) is 46.3 Å². The number of carbonyl (C=O) groups excluding carboxylic acids is 1. The molecule has 0 saturated carbocycles. The fourth-order valence-corrected chi connectivity index (χ4v) is 5.22. The number of morpholine rings is 1. The molecule has 1 saturated heterocycles. The summed E-state index contributed by atoms with van der Waals surface area (Å²) in [5.41, 5.74) is 2.49. The highest BCUT2D eigenvalue weighted by molar-refractivity contribution is 5.97. The van der Waals surface area contributed by atoms with Crippen molar-refractivity contribution in [3.63, 3.8) is 0 Å². The van der Waals surface area contributed by atoms with Gasteiger partial charge in [0, 0.05) is 36.3 Å². The molecular weight excluding hydrogens is 542 g/mol. The van der Waals surface area contributed by atoms with Gasteiger partial charge in [-0.15, -0.1) is 0 Å². The summed E-state index contributed by atoms with van der Waals surface area (Å²) in [5, 5.41) is 7.89. The average Bonchev–Trinajstić information content (AvgIpc) is 3.42. The van der Waals surface area contributed by atoms with Crippen molar-refractivity contribution in [3.8, 4) is 17.2 Å². The number of anilines is 1. The second kappa shape index (κ2) is 11.2. The first-order chi connectivity index (χ1) is 20.3. The number of ketones is 1. The monoisotopic (exact) mass is 570 g/mol. The Labute approximate surface area is 240 Å². The van der Waals surface area contributed by atoms with Crippen molar-refractivity contribution < 1.29 is 23.0 Å². The maximum atomic E-state index is 15.3. The van der Waals surface area contributed by atoms with Crippen molar-refractivity contribution >= 4 is 22.4 Å². The van der Waals surface area contributed by atoms with Gasteiger partial charge in [0.05, 0.1) is 35.7 Å². The van der Waals surface area contributed by atoms with E-state index in [9.17, 15) is 14.0 Å². The molecule has 0 aliphatic carbocycles. The molecule has 5 aromatic rings. The van der Waals surface area contributed by atoms with Crippen LogP contribution in [0, 0.1) is 18.6 Å². The lowest BCUT2D eigenvalue weighted by Crippen LogP contribution is -2.41. The number of hydrogen-bond acceptors (Lipinski definition) is 6. The topological polar surface area (TPSA) is 89.5 Å². The molecule has 0 amide bonds. The Kier molecular flexibility index (Phi) is 7.30. The molecule has 6 rings (SSSR count). The largest absolute Gasteiger partial charge is 0.452 e. The minimum Gasteiger partial charge on any atom is -0.452 e. The summed E-state index contributed by atoms with van der Waals surface area (Å²) in [6.07, 6.45) is 1.52. The maximum Gasteiger partial charge on any atom is 0.266 e. The normalized spacial score (nSPS) is 15.2. The van der Waals surface area contributed by atoms with Crippen LogP contribution in [0.4, 0.5) is 14.5 Å². The lowest BCUT2D eigenvalue weighted by atomic mass is 10.0. The summed E-state index contributed by atoms with van der Waals surface area (Å²) >= 11 is 0. The predicted octanol–water partition coefficient (Wildman–Crippen LogP) is 5.74. The molecule has 8 nitrogen and oxygen atoms in total. The highest BCUT2D eigenvalue weighted by Crippen LogP contribution is 2.37. The van der Waals surface area contributed by atoms with Crippen molar-refractivity contribution in [2.24, 2.45) is 0 Å². The molecule has 1 N–H and O–H groups in total. The van der Waals surface area contributed by atoms with Crippen LogP contribution in [0.2, 0.25) is 0 Å². The number of carbonyl (C=O) groups is 1. The van der Waals surface area contributed by atoms with E-state index in [1.807, 2.05) is 19.1 Å².